The normalized spacial score (nSPS) is 36.5. The highest BCUT2D eigenvalue weighted by Crippen LogP contribution is 2.64. The zero-order valence-corrected chi connectivity index (χ0v) is 15.1. The minimum atomic E-state index is -1.06. The van der Waals surface area contributed by atoms with E-state index in [0.717, 1.165) is 11.1 Å². The second kappa shape index (κ2) is 5.32. The summed E-state index contributed by atoms with van der Waals surface area (Å²) in [6.45, 7) is 6.77. The molecular formula is C20H22NO6+. The number of ketones is 1. The number of rotatable bonds is 4. The first-order chi connectivity index (χ1) is 12.9. The minimum Gasteiger partial charge on any atom is -0.477 e. The van der Waals surface area contributed by atoms with Gasteiger partial charge in [0.25, 0.3) is 6.47 Å². The minimum absolute atomic E-state index is 0.0168. The molecule has 2 fully saturated rings. The Labute approximate surface area is 156 Å². The molecule has 2 bridgehead atoms. The van der Waals surface area contributed by atoms with Crippen molar-refractivity contribution in [3.8, 4) is 11.5 Å². The Balaban J connectivity index is 1.71. The maximum absolute atomic E-state index is 12.8. The van der Waals surface area contributed by atoms with E-state index in [1.807, 2.05) is 10.6 Å². The topological polar surface area (TPSA) is 85.1 Å². The summed E-state index contributed by atoms with van der Waals surface area (Å²) in [4.78, 5) is 23.4. The highest BCUT2D eigenvalue weighted by atomic mass is 16.7. The molecule has 1 unspecified atom stereocenters. The predicted molar refractivity (Wildman–Crippen MR) is 93.3 cm³/mol. The van der Waals surface area contributed by atoms with Crippen molar-refractivity contribution in [3.05, 3.63) is 23.3 Å². The number of hydrogen-bond donors (Lipinski definition) is 1. The second-order valence-corrected chi connectivity index (χ2v) is 7.99. The summed E-state index contributed by atoms with van der Waals surface area (Å²) in [5, 5.41) is 11.8. The number of benzene rings is 1. The quantitative estimate of drug-likeness (QED) is 0.476. The van der Waals surface area contributed by atoms with Gasteiger partial charge < -0.3 is 19.3 Å². The first kappa shape index (κ1) is 16.7. The van der Waals surface area contributed by atoms with Gasteiger partial charge in [-0.25, -0.2) is 4.58 Å². The fourth-order valence-corrected chi connectivity index (χ4v) is 5.78. The molecule has 1 saturated heterocycles. The van der Waals surface area contributed by atoms with E-state index < -0.39 is 23.4 Å². The molecule has 0 radical (unpaired) electrons. The maximum atomic E-state index is 12.8. The highest BCUT2D eigenvalue weighted by Gasteiger charge is 2.75. The number of piperidine rings is 1. The van der Waals surface area contributed by atoms with Crippen LogP contribution in [0.5, 0.6) is 11.5 Å². The van der Waals surface area contributed by atoms with E-state index in [4.69, 9.17) is 14.2 Å². The molecule has 2 aliphatic carbocycles. The van der Waals surface area contributed by atoms with Gasteiger partial charge in [-0.05, 0) is 18.1 Å². The lowest BCUT2D eigenvalue weighted by Crippen LogP contribution is -2.75. The molecule has 1 spiro atoms. The number of hydrogen-bond acceptors (Lipinski definition) is 6. The van der Waals surface area contributed by atoms with Gasteiger partial charge >= 0.3 is 0 Å². The van der Waals surface area contributed by atoms with Crippen molar-refractivity contribution in [3.63, 3.8) is 0 Å². The Kier molecular flexibility index (Phi) is 3.30. The molecule has 4 aliphatic rings. The van der Waals surface area contributed by atoms with Crippen molar-refractivity contribution in [1.82, 2.24) is 0 Å². The van der Waals surface area contributed by atoms with E-state index in [-0.39, 0.29) is 18.2 Å². The summed E-state index contributed by atoms with van der Waals surface area (Å²) in [5.74, 6) is 0.948. The van der Waals surface area contributed by atoms with Gasteiger partial charge in [-0.15, -0.1) is 0 Å². The number of carbonyl (C=O) groups is 2. The van der Waals surface area contributed by atoms with Gasteiger partial charge in [0.1, 0.15) is 18.9 Å². The number of nitrogens with zero attached hydrogens (tertiary/aromatic N) is 1. The summed E-state index contributed by atoms with van der Waals surface area (Å²) in [7, 11) is 0. The molecule has 7 nitrogen and oxygen atoms in total. The van der Waals surface area contributed by atoms with Gasteiger partial charge in [0, 0.05) is 31.7 Å². The fourth-order valence-electron chi connectivity index (χ4n) is 5.78. The van der Waals surface area contributed by atoms with Crippen molar-refractivity contribution >= 4 is 19.0 Å². The summed E-state index contributed by atoms with van der Waals surface area (Å²) < 4.78 is 18.7. The summed E-state index contributed by atoms with van der Waals surface area (Å²) in [6.07, 6.45) is 0.453. The molecule has 0 aromatic heterocycles. The van der Waals surface area contributed by atoms with Crippen LogP contribution in [0.1, 0.15) is 37.3 Å². The van der Waals surface area contributed by atoms with Gasteiger partial charge in [0.05, 0.1) is 5.41 Å². The molecule has 5 atom stereocenters. The van der Waals surface area contributed by atoms with Gasteiger partial charge in [0.15, 0.2) is 29.4 Å². The lowest BCUT2D eigenvalue weighted by molar-refractivity contribution is -0.602. The molecule has 0 amide bonds. The van der Waals surface area contributed by atoms with Crippen LogP contribution in [0.2, 0.25) is 0 Å². The SMILES string of the molecule is C=[N+]1CC[C@]23c4c5ccc(OC(C)OC=O)c4O[C@H]2C(=O)CC[C@@]3(O)[C@H]1C5. The van der Waals surface area contributed by atoms with Crippen LogP contribution in [0.4, 0.5) is 0 Å². The number of Topliss-reactive ketones (excluding diaryl/α,β-unsaturated/α-hetero) is 1. The average Bonchev–Trinajstić information content (AvgIpc) is 2.99. The van der Waals surface area contributed by atoms with Crippen molar-refractivity contribution in [2.45, 2.75) is 62.1 Å². The number of ether oxygens (including phenoxy) is 3. The lowest BCUT2D eigenvalue weighted by atomic mass is 9.49. The first-order valence-electron chi connectivity index (χ1n) is 9.33. The van der Waals surface area contributed by atoms with E-state index in [9.17, 15) is 14.7 Å². The Morgan fingerprint density at radius 2 is 2.26 bits per heavy atom. The highest BCUT2D eigenvalue weighted by molar-refractivity contribution is 5.90. The standard InChI is InChI=1S/C20H22NO6/c1-11(25-10-22)26-14-4-3-12-9-15-20(24)6-5-13(23)18-19(20,7-8-21(15)2)16(12)17(14)27-18/h3-4,10-11,15,18,24H,2,5-9H2,1H3/q+1/t11?,15-,18+,19+,20-/m1/s1. The van der Waals surface area contributed by atoms with E-state index in [1.54, 1.807) is 13.0 Å². The second-order valence-electron chi connectivity index (χ2n) is 7.99. The zero-order valence-electron chi connectivity index (χ0n) is 15.1. The van der Waals surface area contributed by atoms with E-state index in [2.05, 4.69) is 6.72 Å². The van der Waals surface area contributed by atoms with Gasteiger partial charge in [-0.3, -0.25) is 9.59 Å². The van der Waals surface area contributed by atoms with Crippen LogP contribution >= 0.6 is 0 Å². The van der Waals surface area contributed by atoms with Gasteiger partial charge in [-0.2, -0.15) is 0 Å². The van der Waals surface area contributed by atoms with Crippen LogP contribution in [-0.2, 0) is 26.2 Å². The van der Waals surface area contributed by atoms with Crippen LogP contribution in [0, 0.1) is 0 Å². The van der Waals surface area contributed by atoms with Crippen molar-refractivity contribution < 1.29 is 33.5 Å². The molecule has 1 aromatic rings. The molecule has 142 valence electrons. The van der Waals surface area contributed by atoms with Gasteiger partial charge in [0.2, 0.25) is 6.29 Å². The fraction of sp³-hybridized carbons (Fsp3) is 0.550. The Morgan fingerprint density at radius 3 is 3.04 bits per heavy atom. The van der Waals surface area contributed by atoms with Gasteiger partial charge in [-0.1, -0.05) is 6.07 Å². The smallest absolute Gasteiger partial charge is 0.296 e. The average molecular weight is 372 g/mol. The first-order valence-corrected chi connectivity index (χ1v) is 9.33. The third-order valence-corrected chi connectivity index (χ3v) is 6.89. The largest absolute Gasteiger partial charge is 0.477 e. The van der Waals surface area contributed by atoms with Crippen LogP contribution < -0.4 is 9.47 Å². The van der Waals surface area contributed by atoms with Crippen LogP contribution in [-0.4, -0.2) is 59.2 Å². The van der Waals surface area contributed by atoms with Crippen molar-refractivity contribution in [2.24, 2.45) is 0 Å². The van der Waals surface area contributed by atoms with Crippen LogP contribution in [0.25, 0.3) is 0 Å². The number of carbonyl (C=O) groups excluding carboxylic acids is 2. The molecular weight excluding hydrogens is 350 g/mol. The third-order valence-electron chi connectivity index (χ3n) is 6.89. The Hall–Kier alpha value is -2.41. The zero-order chi connectivity index (χ0) is 19.0. The van der Waals surface area contributed by atoms with Crippen molar-refractivity contribution in [2.75, 3.05) is 6.54 Å². The van der Waals surface area contributed by atoms with Crippen LogP contribution in [0.3, 0.4) is 0 Å². The Bertz CT molecular complexity index is 881. The number of aliphatic hydroxyl groups is 1. The summed E-state index contributed by atoms with van der Waals surface area (Å²) in [5.41, 5.74) is 0.121. The molecule has 2 heterocycles. The summed E-state index contributed by atoms with van der Waals surface area (Å²) >= 11 is 0. The molecule has 1 saturated carbocycles. The third kappa shape index (κ3) is 1.87. The molecule has 27 heavy (non-hydrogen) atoms. The van der Waals surface area contributed by atoms with Crippen LogP contribution in [0.15, 0.2) is 12.1 Å². The molecule has 7 heteroatoms. The lowest BCUT2D eigenvalue weighted by Gasteiger charge is -2.56. The molecule has 1 N–H and O–H groups in total. The maximum Gasteiger partial charge on any atom is 0.296 e. The monoisotopic (exact) mass is 372 g/mol. The van der Waals surface area contributed by atoms with E-state index in [1.165, 1.54) is 0 Å². The molecule has 2 aliphatic heterocycles. The van der Waals surface area contributed by atoms with Crippen molar-refractivity contribution in [1.29, 1.82) is 0 Å². The van der Waals surface area contributed by atoms with E-state index >= 15 is 0 Å². The summed E-state index contributed by atoms with van der Waals surface area (Å²) in [6, 6.07) is 3.60. The molecule has 1 aromatic carbocycles. The Morgan fingerprint density at radius 1 is 1.44 bits per heavy atom. The predicted octanol–water partition coefficient (Wildman–Crippen LogP) is 0.719. The molecule has 5 rings (SSSR count). The van der Waals surface area contributed by atoms with E-state index in [0.29, 0.717) is 43.8 Å².